The molecule has 0 amide bonds. The van der Waals surface area contributed by atoms with Gasteiger partial charge in [0.1, 0.15) is 12.1 Å². The topological polar surface area (TPSA) is 64.2 Å². The molecule has 130 valence electrons. The summed E-state index contributed by atoms with van der Waals surface area (Å²) in [5.74, 6) is 0.470. The first-order valence-corrected chi connectivity index (χ1v) is 8.61. The van der Waals surface area contributed by atoms with Gasteiger partial charge in [-0.25, -0.2) is 9.97 Å². The highest BCUT2D eigenvalue weighted by atomic mass is 14.9. The van der Waals surface area contributed by atoms with E-state index in [1.807, 2.05) is 37.3 Å². The van der Waals surface area contributed by atoms with Crippen LogP contribution in [0.4, 0.5) is 5.82 Å². The molecule has 4 nitrogen and oxygen atoms in total. The van der Waals surface area contributed by atoms with Crippen LogP contribution in [0, 0.1) is 0 Å². The van der Waals surface area contributed by atoms with Crippen molar-refractivity contribution >= 4 is 34.7 Å². The zero-order valence-corrected chi connectivity index (χ0v) is 15.1. The second-order valence-electron chi connectivity index (χ2n) is 5.97. The van der Waals surface area contributed by atoms with E-state index in [4.69, 9.17) is 5.73 Å². The Morgan fingerprint density at radius 1 is 1.15 bits per heavy atom. The van der Waals surface area contributed by atoms with Crippen molar-refractivity contribution in [3.05, 3.63) is 77.6 Å². The van der Waals surface area contributed by atoms with Gasteiger partial charge < -0.3 is 5.73 Å². The maximum absolute atomic E-state index is 6.04. The van der Waals surface area contributed by atoms with Gasteiger partial charge >= 0.3 is 0 Å². The van der Waals surface area contributed by atoms with Crippen LogP contribution in [-0.2, 0) is 6.42 Å². The van der Waals surface area contributed by atoms with Crippen molar-refractivity contribution in [2.24, 2.45) is 4.99 Å². The van der Waals surface area contributed by atoms with Gasteiger partial charge in [-0.2, -0.15) is 0 Å². The summed E-state index contributed by atoms with van der Waals surface area (Å²) in [6.45, 7) is 7.94. The highest BCUT2D eigenvalue weighted by molar-refractivity contribution is 5.99. The largest absolute Gasteiger partial charge is 0.383 e. The normalized spacial score (nSPS) is 12.4. The molecular weight excluding hydrogens is 320 g/mol. The fraction of sp³-hybridized carbons (Fsp3) is 0.136. The van der Waals surface area contributed by atoms with Crippen LogP contribution < -0.4 is 5.73 Å². The molecule has 0 bridgehead atoms. The van der Waals surface area contributed by atoms with Crippen molar-refractivity contribution in [1.82, 2.24) is 9.97 Å². The number of fused-ring (bicyclic) bond motifs is 1. The van der Waals surface area contributed by atoms with Crippen molar-refractivity contribution in [3.8, 4) is 0 Å². The number of allylic oxidation sites excluding steroid dienone is 3. The van der Waals surface area contributed by atoms with Crippen LogP contribution in [-0.4, -0.2) is 16.7 Å². The van der Waals surface area contributed by atoms with Crippen LogP contribution in [0.25, 0.3) is 22.2 Å². The van der Waals surface area contributed by atoms with Gasteiger partial charge in [0.2, 0.25) is 0 Å². The van der Waals surface area contributed by atoms with Gasteiger partial charge in [0, 0.05) is 16.5 Å². The van der Waals surface area contributed by atoms with E-state index in [-0.39, 0.29) is 0 Å². The molecule has 0 fully saturated rings. The molecule has 1 heterocycles. The summed E-state index contributed by atoms with van der Waals surface area (Å²) in [4.78, 5) is 12.7. The minimum atomic E-state index is 0.470. The average Bonchev–Trinajstić information content (AvgIpc) is 2.68. The third kappa shape index (κ3) is 3.40. The summed E-state index contributed by atoms with van der Waals surface area (Å²) in [6.07, 6.45) is 6.50. The van der Waals surface area contributed by atoms with Crippen LogP contribution in [0.2, 0.25) is 0 Å². The number of nitrogens with zero attached hydrogens (tertiary/aromatic N) is 3. The highest BCUT2D eigenvalue weighted by Gasteiger charge is 2.11. The first-order chi connectivity index (χ1) is 12.7. The van der Waals surface area contributed by atoms with E-state index in [0.717, 1.165) is 39.7 Å². The number of aliphatic imine (C=N–C) groups is 1. The van der Waals surface area contributed by atoms with Gasteiger partial charge in [-0.05, 0) is 49.4 Å². The Morgan fingerprint density at radius 3 is 2.73 bits per heavy atom. The third-order valence-corrected chi connectivity index (χ3v) is 4.33. The molecule has 0 aliphatic carbocycles. The molecule has 0 saturated heterocycles. The highest BCUT2D eigenvalue weighted by Crippen LogP contribution is 2.31. The molecule has 0 unspecified atom stereocenters. The molecule has 0 aliphatic rings. The Hall–Kier alpha value is -3.27. The Balaban J connectivity index is 2.25. The Bertz CT molecular complexity index is 1020. The predicted molar refractivity (Wildman–Crippen MR) is 111 cm³/mol. The molecule has 3 rings (SSSR count). The van der Waals surface area contributed by atoms with Crippen LogP contribution >= 0.6 is 0 Å². The van der Waals surface area contributed by atoms with Gasteiger partial charge in [-0.1, -0.05) is 43.3 Å². The lowest BCUT2D eigenvalue weighted by atomic mass is 9.96. The Morgan fingerprint density at radius 2 is 2.00 bits per heavy atom. The van der Waals surface area contributed by atoms with E-state index in [1.54, 1.807) is 0 Å². The summed E-state index contributed by atoms with van der Waals surface area (Å²) in [6, 6.07) is 14.4. The summed E-state index contributed by atoms with van der Waals surface area (Å²) < 4.78 is 0. The second-order valence-corrected chi connectivity index (χ2v) is 5.97. The van der Waals surface area contributed by atoms with E-state index >= 15 is 0 Å². The maximum Gasteiger partial charge on any atom is 0.134 e. The second kappa shape index (κ2) is 7.74. The maximum atomic E-state index is 6.04. The van der Waals surface area contributed by atoms with Gasteiger partial charge in [-0.3, -0.25) is 4.99 Å². The van der Waals surface area contributed by atoms with E-state index < -0.39 is 0 Å². The molecular formula is C22H22N4. The van der Waals surface area contributed by atoms with Gasteiger partial charge in [0.15, 0.2) is 0 Å². The van der Waals surface area contributed by atoms with Crippen LogP contribution in [0.1, 0.15) is 30.5 Å². The zero-order chi connectivity index (χ0) is 18.5. The quantitative estimate of drug-likeness (QED) is 0.407. The van der Waals surface area contributed by atoms with Gasteiger partial charge in [-0.15, -0.1) is 0 Å². The molecule has 2 aromatic carbocycles. The van der Waals surface area contributed by atoms with E-state index in [2.05, 4.69) is 52.9 Å². The molecule has 26 heavy (non-hydrogen) atoms. The number of aromatic nitrogens is 2. The summed E-state index contributed by atoms with van der Waals surface area (Å²) in [5, 5.41) is 0.831. The first kappa shape index (κ1) is 17.5. The standard InChI is InChI=1S/C22H22N4/c1-4-7-18(21(24-3)17-9-6-8-15(5-2)12-17)16-10-11-20-19(13-16)22(23)26-14-25-20/h4,6-14H,3,5H2,1-2H3,(H2,23,25,26)/b7-4-,21-18+. The molecule has 0 radical (unpaired) electrons. The fourth-order valence-electron chi connectivity index (χ4n) is 2.99. The van der Waals surface area contributed by atoms with E-state index in [0.29, 0.717) is 5.82 Å². The summed E-state index contributed by atoms with van der Waals surface area (Å²) in [5.41, 5.74) is 12.0. The molecule has 0 saturated carbocycles. The molecule has 2 N–H and O–H groups in total. The lowest BCUT2D eigenvalue weighted by molar-refractivity contribution is 1.14. The van der Waals surface area contributed by atoms with Gasteiger partial charge in [0.25, 0.3) is 0 Å². The number of nitrogens with two attached hydrogens (primary N) is 1. The summed E-state index contributed by atoms with van der Waals surface area (Å²) >= 11 is 0. The summed E-state index contributed by atoms with van der Waals surface area (Å²) in [7, 11) is 0. The zero-order valence-electron chi connectivity index (χ0n) is 15.1. The number of hydrogen-bond acceptors (Lipinski definition) is 4. The van der Waals surface area contributed by atoms with Crippen LogP contribution in [0.15, 0.2) is 65.9 Å². The number of rotatable bonds is 5. The van der Waals surface area contributed by atoms with Crippen LogP contribution in [0.3, 0.4) is 0 Å². The van der Waals surface area contributed by atoms with Crippen molar-refractivity contribution in [3.63, 3.8) is 0 Å². The van der Waals surface area contributed by atoms with E-state index in [9.17, 15) is 0 Å². The number of hydrogen-bond donors (Lipinski definition) is 1. The van der Waals surface area contributed by atoms with Crippen molar-refractivity contribution in [2.45, 2.75) is 20.3 Å². The van der Waals surface area contributed by atoms with E-state index in [1.165, 1.54) is 11.9 Å². The minimum Gasteiger partial charge on any atom is -0.383 e. The number of nitrogen functional groups attached to an aromatic ring is 1. The van der Waals surface area contributed by atoms with Crippen molar-refractivity contribution in [2.75, 3.05) is 5.73 Å². The third-order valence-electron chi connectivity index (χ3n) is 4.33. The SMILES string of the molecule is C=N/C(=C(\C=C/C)c1ccc2ncnc(N)c2c1)c1cccc(CC)c1. The fourth-order valence-corrected chi connectivity index (χ4v) is 2.99. The number of benzene rings is 2. The lowest BCUT2D eigenvalue weighted by Crippen LogP contribution is -1.95. The smallest absolute Gasteiger partial charge is 0.134 e. The molecule has 3 aromatic rings. The minimum absolute atomic E-state index is 0.470. The lowest BCUT2D eigenvalue weighted by Gasteiger charge is -2.12. The molecule has 0 spiro atoms. The van der Waals surface area contributed by atoms with Crippen molar-refractivity contribution < 1.29 is 0 Å². The predicted octanol–water partition coefficient (Wildman–Crippen LogP) is 4.92. The number of aryl methyl sites for hydroxylation is 1. The van der Waals surface area contributed by atoms with Gasteiger partial charge in [0.05, 0.1) is 11.2 Å². The molecule has 0 atom stereocenters. The first-order valence-electron chi connectivity index (χ1n) is 8.61. The monoisotopic (exact) mass is 342 g/mol. The molecule has 0 aliphatic heterocycles. The Labute approximate surface area is 153 Å². The molecule has 1 aromatic heterocycles. The average molecular weight is 342 g/mol. The Kier molecular flexibility index (Phi) is 5.23. The number of anilines is 1. The van der Waals surface area contributed by atoms with Crippen molar-refractivity contribution in [1.29, 1.82) is 0 Å². The molecule has 4 heteroatoms. The van der Waals surface area contributed by atoms with Crippen LogP contribution in [0.5, 0.6) is 0 Å².